The molecule has 1 N–H and O–H groups in total. The van der Waals surface area contributed by atoms with Gasteiger partial charge in [0.15, 0.2) is 0 Å². The molecule has 4 nitrogen and oxygen atoms in total. The van der Waals surface area contributed by atoms with E-state index in [9.17, 15) is 9.59 Å². The lowest BCUT2D eigenvalue weighted by molar-refractivity contribution is -0.121. The Labute approximate surface area is 142 Å². The molecule has 3 rings (SSSR count). The van der Waals surface area contributed by atoms with Crippen molar-refractivity contribution in [3.8, 4) is 0 Å². The van der Waals surface area contributed by atoms with Crippen LogP contribution in [0.25, 0.3) is 0 Å². The van der Waals surface area contributed by atoms with Gasteiger partial charge in [-0.15, -0.1) is 0 Å². The lowest BCUT2D eigenvalue weighted by Crippen LogP contribution is -2.35. The predicted molar refractivity (Wildman–Crippen MR) is 96.3 cm³/mol. The highest BCUT2D eigenvalue weighted by Gasteiger charge is 2.40. The van der Waals surface area contributed by atoms with E-state index in [1.807, 2.05) is 63.2 Å². The van der Waals surface area contributed by atoms with Gasteiger partial charge in [0.05, 0.1) is 12.1 Å². The molecule has 124 valence electrons. The van der Waals surface area contributed by atoms with Crippen molar-refractivity contribution in [1.29, 1.82) is 0 Å². The van der Waals surface area contributed by atoms with Crippen molar-refractivity contribution in [2.24, 2.45) is 0 Å². The fourth-order valence-corrected chi connectivity index (χ4v) is 3.24. The zero-order chi connectivity index (χ0) is 17.3. The first-order valence-corrected chi connectivity index (χ1v) is 8.30. The van der Waals surface area contributed by atoms with E-state index in [0.29, 0.717) is 5.69 Å². The van der Waals surface area contributed by atoms with Crippen molar-refractivity contribution in [3.63, 3.8) is 0 Å². The Kier molecular flexibility index (Phi) is 4.38. The number of rotatable bonds is 4. The van der Waals surface area contributed by atoms with Crippen LogP contribution < -0.4 is 10.2 Å². The van der Waals surface area contributed by atoms with E-state index in [2.05, 4.69) is 5.32 Å². The SMILES string of the molecule is CCc1ccccc1N1C(=O)C[C@H](Nc2c(C)cccc2C)C1=O. The second-order valence-electron chi connectivity index (χ2n) is 6.22. The van der Waals surface area contributed by atoms with Crippen molar-refractivity contribution in [1.82, 2.24) is 0 Å². The molecule has 0 aromatic heterocycles. The summed E-state index contributed by atoms with van der Waals surface area (Å²) in [6.07, 6.45) is 0.965. The Bertz CT molecular complexity index is 778. The van der Waals surface area contributed by atoms with E-state index in [1.165, 1.54) is 4.90 Å². The van der Waals surface area contributed by atoms with Crippen molar-refractivity contribution in [3.05, 3.63) is 59.2 Å². The maximum absolute atomic E-state index is 12.9. The largest absolute Gasteiger partial charge is 0.373 e. The Morgan fingerprint density at radius 3 is 2.38 bits per heavy atom. The summed E-state index contributed by atoms with van der Waals surface area (Å²) in [5.41, 5.74) is 4.80. The van der Waals surface area contributed by atoms with Crippen molar-refractivity contribution < 1.29 is 9.59 Å². The first-order chi connectivity index (χ1) is 11.5. The van der Waals surface area contributed by atoms with Crippen LogP contribution in [0.4, 0.5) is 11.4 Å². The highest BCUT2D eigenvalue weighted by atomic mass is 16.2. The molecular weight excluding hydrogens is 300 g/mol. The number of nitrogens with zero attached hydrogens (tertiary/aromatic N) is 1. The van der Waals surface area contributed by atoms with Gasteiger partial charge in [0.2, 0.25) is 5.91 Å². The second-order valence-corrected chi connectivity index (χ2v) is 6.22. The molecule has 2 aromatic rings. The zero-order valence-corrected chi connectivity index (χ0v) is 14.3. The fraction of sp³-hybridized carbons (Fsp3) is 0.300. The van der Waals surface area contributed by atoms with Gasteiger partial charge in [-0.25, -0.2) is 4.90 Å². The molecule has 24 heavy (non-hydrogen) atoms. The minimum Gasteiger partial charge on any atom is -0.373 e. The molecule has 1 heterocycles. The van der Waals surface area contributed by atoms with Crippen LogP contribution in [0, 0.1) is 13.8 Å². The van der Waals surface area contributed by atoms with E-state index in [0.717, 1.165) is 28.8 Å². The Morgan fingerprint density at radius 2 is 1.71 bits per heavy atom. The number of amides is 2. The number of nitrogens with one attached hydrogen (secondary N) is 1. The monoisotopic (exact) mass is 322 g/mol. The quantitative estimate of drug-likeness (QED) is 0.875. The molecule has 1 atom stereocenters. The summed E-state index contributed by atoms with van der Waals surface area (Å²) in [5.74, 6) is -0.326. The number of anilines is 2. The first-order valence-electron chi connectivity index (χ1n) is 8.30. The number of benzene rings is 2. The number of hydrogen-bond acceptors (Lipinski definition) is 3. The predicted octanol–water partition coefficient (Wildman–Crippen LogP) is 3.61. The Hall–Kier alpha value is -2.62. The van der Waals surface area contributed by atoms with Crippen LogP contribution >= 0.6 is 0 Å². The summed E-state index contributed by atoms with van der Waals surface area (Å²) < 4.78 is 0. The normalized spacial score (nSPS) is 17.5. The molecule has 0 spiro atoms. The van der Waals surface area contributed by atoms with Crippen molar-refractivity contribution >= 4 is 23.2 Å². The average Bonchev–Trinajstić information content (AvgIpc) is 2.85. The van der Waals surface area contributed by atoms with Crippen LogP contribution in [0.3, 0.4) is 0 Å². The second kappa shape index (κ2) is 6.48. The molecule has 1 saturated heterocycles. The Morgan fingerprint density at radius 1 is 1.04 bits per heavy atom. The summed E-state index contributed by atoms with van der Waals surface area (Å²) in [4.78, 5) is 26.7. The minimum atomic E-state index is -0.512. The molecule has 4 heteroatoms. The van der Waals surface area contributed by atoms with Gasteiger partial charge in [0.1, 0.15) is 6.04 Å². The van der Waals surface area contributed by atoms with E-state index in [4.69, 9.17) is 0 Å². The van der Waals surface area contributed by atoms with Gasteiger partial charge in [-0.3, -0.25) is 9.59 Å². The van der Waals surface area contributed by atoms with Crippen molar-refractivity contribution in [2.45, 2.75) is 39.7 Å². The third-order valence-corrected chi connectivity index (χ3v) is 4.56. The number of para-hydroxylation sites is 2. The first kappa shape index (κ1) is 16.2. The highest BCUT2D eigenvalue weighted by Crippen LogP contribution is 2.29. The number of imide groups is 1. The molecule has 1 aliphatic rings. The summed E-state index contributed by atoms with van der Waals surface area (Å²) in [5, 5.41) is 3.28. The third kappa shape index (κ3) is 2.80. The van der Waals surface area contributed by atoms with Crippen LogP contribution in [0.5, 0.6) is 0 Å². The number of carbonyl (C=O) groups is 2. The van der Waals surface area contributed by atoms with E-state index < -0.39 is 6.04 Å². The van der Waals surface area contributed by atoms with Crippen LogP contribution in [-0.4, -0.2) is 17.9 Å². The number of aryl methyl sites for hydroxylation is 3. The lowest BCUT2D eigenvalue weighted by Gasteiger charge is -2.20. The van der Waals surface area contributed by atoms with E-state index in [-0.39, 0.29) is 18.2 Å². The lowest BCUT2D eigenvalue weighted by atomic mass is 10.1. The smallest absolute Gasteiger partial charge is 0.256 e. The summed E-state index contributed by atoms with van der Waals surface area (Å²) in [6, 6.07) is 13.1. The van der Waals surface area contributed by atoms with E-state index in [1.54, 1.807) is 0 Å². The van der Waals surface area contributed by atoms with Crippen LogP contribution in [0.1, 0.15) is 30.0 Å². The summed E-state index contributed by atoms with van der Waals surface area (Å²) in [7, 11) is 0. The molecule has 2 aromatic carbocycles. The van der Waals surface area contributed by atoms with Gasteiger partial charge in [-0.1, -0.05) is 43.3 Å². The molecule has 1 fully saturated rings. The van der Waals surface area contributed by atoms with Crippen molar-refractivity contribution in [2.75, 3.05) is 10.2 Å². The fourth-order valence-electron chi connectivity index (χ4n) is 3.24. The van der Waals surface area contributed by atoms with Gasteiger partial charge in [-0.2, -0.15) is 0 Å². The van der Waals surface area contributed by atoms with Crippen LogP contribution in [0.2, 0.25) is 0 Å². The van der Waals surface area contributed by atoms with Crippen LogP contribution in [-0.2, 0) is 16.0 Å². The molecule has 0 bridgehead atoms. The average molecular weight is 322 g/mol. The minimum absolute atomic E-state index is 0.148. The Balaban J connectivity index is 1.90. The van der Waals surface area contributed by atoms with Gasteiger partial charge in [0.25, 0.3) is 5.91 Å². The number of carbonyl (C=O) groups excluding carboxylic acids is 2. The molecule has 2 amide bonds. The third-order valence-electron chi connectivity index (χ3n) is 4.56. The molecule has 1 aliphatic heterocycles. The molecule has 0 aliphatic carbocycles. The summed E-state index contributed by atoms with van der Waals surface area (Å²) in [6.45, 7) is 6.03. The van der Waals surface area contributed by atoms with Gasteiger partial charge >= 0.3 is 0 Å². The number of hydrogen-bond donors (Lipinski definition) is 1. The topological polar surface area (TPSA) is 49.4 Å². The van der Waals surface area contributed by atoms with Gasteiger partial charge in [0, 0.05) is 5.69 Å². The maximum Gasteiger partial charge on any atom is 0.256 e. The molecule has 0 saturated carbocycles. The maximum atomic E-state index is 12.9. The highest BCUT2D eigenvalue weighted by molar-refractivity contribution is 6.23. The molecular formula is C20H22N2O2. The molecule has 0 radical (unpaired) electrons. The van der Waals surface area contributed by atoms with E-state index >= 15 is 0 Å². The van der Waals surface area contributed by atoms with Gasteiger partial charge in [-0.05, 0) is 43.0 Å². The molecule has 0 unspecified atom stereocenters. The van der Waals surface area contributed by atoms with Gasteiger partial charge < -0.3 is 5.32 Å². The summed E-state index contributed by atoms with van der Waals surface area (Å²) >= 11 is 0. The zero-order valence-electron chi connectivity index (χ0n) is 14.3. The standard InChI is InChI=1S/C20H22N2O2/c1-4-15-10-5-6-11-17(15)22-18(23)12-16(20(22)24)21-19-13(2)8-7-9-14(19)3/h5-11,16,21H,4,12H2,1-3H3/t16-/m0/s1. The van der Waals surface area contributed by atoms with Crippen LogP contribution in [0.15, 0.2) is 42.5 Å².